The number of amides is 1. The molecule has 0 radical (unpaired) electrons. The van der Waals surface area contributed by atoms with E-state index in [1.165, 1.54) is 0 Å². The first-order valence-corrected chi connectivity index (χ1v) is 5.40. The van der Waals surface area contributed by atoms with Crippen LogP contribution in [0.1, 0.15) is 16.8 Å². The van der Waals surface area contributed by atoms with Gasteiger partial charge >= 0.3 is 0 Å². The van der Waals surface area contributed by atoms with Crippen molar-refractivity contribution in [2.24, 2.45) is 0 Å². The molecular formula is C11H12F2N2O3. The van der Waals surface area contributed by atoms with E-state index in [4.69, 9.17) is 4.74 Å². The molecule has 0 aromatic carbocycles. The van der Waals surface area contributed by atoms with Crippen molar-refractivity contribution in [2.75, 3.05) is 19.8 Å². The highest BCUT2D eigenvalue weighted by Gasteiger charge is 2.32. The van der Waals surface area contributed by atoms with Crippen LogP contribution >= 0.6 is 0 Å². The summed E-state index contributed by atoms with van der Waals surface area (Å²) in [6.45, 7) is 0.445. The van der Waals surface area contributed by atoms with Crippen LogP contribution in [0.3, 0.4) is 0 Å². The Morgan fingerprint density at radius 2 is 2.39 bits per heavy atom. The molecule has 7 heteroatoms. The Morgan fingerprint density at radius 3 is 3.06 bits per heavy atom. The summed E-state index contributed by atoms with van der Waals surface area (Å²) in [4.78, 5) is 14.7. The highest BCUT2D eigenvalue weighted by Crippen LogP contribution is 2.17. The minimum Gasteiger partial charge on any atom is -0.386 e. The first-order chi connectivity index (χ1) is 8.52. The predicted octanol–water partition coefficient (Wildman–Crippen LogP) is 0.241. The van der Waals surface area contributed by atoms with Crippen LogP contribution in [0.4, 0.5) is 8.78 Å². The predicted molar refractivity (Wildman–Crippen MR) is 56.9 cm³/mol. The average molecular weight is 258 g/mol. The van der Waals surface area contributed by atoms with Crippen LogP contribution in [-0.4, -0.2) is 41.4 Å². The zero-order valence-corrected chi connectivity index (χ0v) is 9.45. The Bertz CT molecular complexity index is 462. The lowest BCUT2D eigenvalue weighted by Crippen LogP contribution is -2.43. The zero-order chi connectivity index (χ0) is 13.2. The first kappa shape index (κ1) is 12.8. The second-order valence-electron chi connectivity index (χ2n) is 4.17. The molecule has 2 N–H and O–H groups in total. The quantitative estimate of drug-likeness (QED) is 0.762. The molecule has 0 aliphatic carbocycles. The lowest BCUT2D eigenvalue weighted by Gasteiger charge is -2.20. The average Bonchev–Trinajstić information content (AvgIpc) is 2.77. The van der Waals surface area contributed by atoms with Crippen molar-refractivity contribution in [1.82, 2.24) is 10.3 Å². The Hall–Kier alpha value is -1.60. The molecule has 2 rings (SSSR count). The van der Waals surface area contributed by atoms with Gasteiger partial charge in [0.15, 0.2) is 5.82 Å². The van der Waals surface area contributed by atoms with Crippen molar-refractivity contribution >= 4 is 5.91 Å². The lowest BCUT2D eigenvalue weighted by molar-refractivity contribution is 0.0264. The third-order valence-electron chi connectivity index (χ3n) is 2.75. The van der Waals surface area contributed by atoms with E-state index in [1.54, 1.807) is 0 Å². The van der Waals surface area contributed by atoms with Crippen molar-refractivity contribution < 1.29 is 23.4 Å². The zero-order valence-electron chi connectivity index (χ0n) is 9.45. The van der Waals surface area contributed by atoms with Crippen molar-refractivity contribution in [3.63, 3.8) is 0 Å². The molecule has 5 nitrogen and oxygen atoms in total. The number of hydrogen-bond donors (Lipinski definition) is 2. The fourth-order valence-corrected chi connectivity index (χ4v) is 1.67. The highest BCUT2D eigenvalue weighted by atomic mass is 19.2. The number of hydrogen-bond acceptors (Lipinski definition) is 4. The number of carbonyl (C=O) groups excluding carboxylic acids is 1. The Kier molecular flexibility index (Phi) is 3.53. The summed E-state index contributed by atoms with van der Waals surface area (Å²) in [6.07, 6.45) is 1.39. The van der Waals surface area contributed by atoms with E-state index in [9.17, 15) is 18.7 Å². The van der Waals surface area contributed by atoms with Gasteiger partial charge in [-0.25, -0.2) is 9.37 Å². The van der Waals surface area contributed by atoms with Gasteiger partial charge in [0.1, 0.15) is 5.60 Å². The molecule has 1 fully saturated rings. The van der Waals surface area contributed by atoms with Crippen LogP contribution in [0.25, 0.3) is 0 Å². The van der Waals surface area contributed by atoms with Gasteiger partial charge in [0.25, 0.3) is 5.91 Å². The van der Waals surface area contributed by atoms with Crippen molar-refractivity contribution in [3.05, 3.63) is 29.6 Å². The highest BCUT2D eigenvalue weighted by molar-refractivity contribution is 5.94. The molecule has 1 saturated heterocycles. The van der Waals surface area contributed by atoms with Crippen LogP contribution in [0.2, 0.25) is 0 Å². The summed E-state index contributed by atoms with van der Waals surface area (Å²) in [5.74, 6) is -3.43. The van der Waals surface area contributed by atoms with Gasteiger partial charge in [0.2, 0.25) is 5.95 Å². The van der Waals surface area contributed by atoms with E-state index < -0.39 is 28.8 Å². The lowest BCUT2D eigenvalue weighted by atomic mass is 10.0. The van der Waals surface area contributed by atoms with Gasteiger partial charge in [-0.05, 0) is 6.07 Å². The smallest absolute Gasteiger partial charge is 0.254 e. The van der Waals surface area contributed by atoms with Gasteiger partial charge in [-0.2, -0.15) is 4.39 Å². The largest absolute Gasteiger partial charge is 0.386 e. The minimum atomic E-state index is -1.33. The molecule has 1 aliphatic rings. The van der Waals surface area contributed by atoms with Gasteiger partial charge < -0.3 is 15.2 Å². The Labute approximate surface area is 102 Å². The molecular weight excluding hydrogens is 246 g/mol. The van der Waals surface area contributed by atoms with Crippen molar-refractivity contribution in [1.29, 1.82) is 0 Å². The van der Waals surface area contributed by atoms with Gasteiger partial charge in [-0.1, -0.05) is 0 Å². The van der Waals surface area contributed by atoms with E-state index in [0.29, 0.717) is 13.0 Å². The molecule has 1 atom stereocenters. The van der Waals surface area contributed by atoms with Gasteiger partial charge in [-0.3, -0.25) is 4.79 Å². The third-order valence-corrected chi connectivity index (χ3v) is 2.75. The number of pyridine rings is 1. The maximum atomic E-state index is 13.3. The second kappa shape index (κ2) is 4.95. The van der Waals surface area contributed by atoms with Gasteiger partial charge in [0.05, 0.1) is 12.2 Å². The number of aliphatic hydroxyl groups is 1. The molecule has 0 spiro atoms. The Morgan fingerprint density at radius 1 is 1.61 bits per heavy atom. The van der Waals surface area contributed by atoms with Crippen LogP contribution in [0, 0.1) is 11.8 Å². The van der Waals surface area contributed by atoms with Gasteiger partial charge in [-0.15, -0.1) is 0 Å². The fourth-order valence-electron chi connectivity index (χ4n) is 1.67. The van der Waals surface area contributed by atoms with E-state index in [-0.39, 0.29) is 13.2 Å². The van der Waals surface area contributed by atoms with Crippen molar-refractivity contribution in [3.8, 4) is 0 Å². The second-order valence-corrected chi connectivity index (χ2v) is 4.17. The molecule has 0 bridgehead atoms. The number of nitrogens with one attached hydrogen (secondary N) is 1. The SMILES string of the molecule is O=C(NCC1(O)CCOC1)c1ccnc(F)c1F. The molecule has 1 aliphatic heterocycles. The van der Waals surface area contributed by atoms with Crippen LogP contribution < -0.4 is 5.32 Å². The summed E-state index contributed by atoms with van der Waals surface area (Å²) in [6, 6.07) is 1.07. The van der Waals surface area contributed by atoms with E-state index in [0.717, 1.165) is 12.3 Å². The topological polar surface area (TPSA) is 71.5 Å². The molecule has 1 amide bonds. The molecule has 0 saturated carbocycles. The minimum absolute atomic E-state index is 0.0742. The summed E-state index contributed by atoms with van der Waals surface area (Å²) >= 11 is 0. The normalized spacial score (nSPS) is 23.1. The van der Waals surface area contributed by atoms with Gasteiger partial charge in [0, 0.05) is 25.8 Å². The molecule has 1 aromatic rings. The number of ether oxygens (including phenoxy) is 1. The summed E-state index contributed by atoms with van der Waals surface area (Å²) in [5.41, 5.74) is -1.58. The number of aromatic nitrogens is 1. The molecule has 1 aromatic heterocycles. The summed E-state index contributed by atoms with van der Waals surface area (Å²) in [7, 11) is 0. The molecule has 1 unspecified atom stereocenters. The van der Waals surface area contributed by atoms with Crippen LogP contribution in [-0.2, 0) is 4.74 Å². The monoisotopic (exact) mass is 258 g/mol. The number of rotatable bonds is 3. The maximum Gasteiger partial charge on any atom is 0.254 e. The van der Waals surface area contributed by atoms with Crippen molar-refractivity contribution in [2.45, 2.75) is 12.0 Å². The first-order valence-electron chi connectivity index (χ1n) is 5.40. The van der Waals surface area contributed by atoms with Crippen LogP contribution in [0.5, 0.6) is 0 Å². The number of nitrogens with zero attached hydrogens (tertiary/aromatic N) is 1. The fraction of sp³-hybridized carbons (Fsp3) is 0.455. The summed E-state index contributed by atoms with van der Waals surface area (Å²) < 4.78 is 31.1. The number of carbonyl (C=O) groups is 1. The molecule has 2 heterocycles. The molecule has 98 valence electrons. The summed E-state index contributed by atoms with van der Waals surface area (Å²) in [5, 5.41) is 12.2. The third kappa shape index (κ3) is 2.62. The maximum absolute atomic E-state index is 13.3. The van der Waals surface area contributed by atoms with Crippen LogP contribution in [0.15, 0.2) is 12.3 Å². The standard InChI is InChI=1S/C11H12F2N2O3/c12-8-7(1-3-14-9(8)13)10(16)15-5-11(17)2-4-18-6-11/h1,3,17H,2,4-6H2,(H,15,16). The Balaban J connectivity index is 2.01. The number of halogens is 2. The van der Waals surface area contributed by atoms with E-state index in [1.807, 2.05) is 0 Å². The van der Waals surface area contributed by atoms with E-state index in [2.05, 4.69) is 10.3 Å². The van der Waals surface area contributed by atoms with E-state index >= 15 is 0 Å². The molecule has 18 heavy (non-hydrogen) atoms.